The second kappa shape index (κ2) is 12.1. The molecule has 0 fully saturated rings. The predicted molar refractivity (Wildman–Crippen MR) is 151 cm³/mol. The highest BCUT2D eigenvalue weighted by Gasteiger charge is 2.35. The van der Waals surface area contributed by atoms with Crippen molar-refractivity contribution in [1.82, 2.24) is 14.7 Å². The van der Waals surface area contributed by atoms with E-state index >= 15 is 0 Å². The van der Waals surface area contributed by atoms with Crippen molar-refractivity contribution in [3.05, 3.63) is 75.7 Å². The summed E-state index contributed by atoms with van der Waals surface area (Å²) in [4.78, 5) is 15.0. The number of hydrogen-bond acceptors (Lipinski definition) is 6. The van der Waals surface area contributed by atoms with Gasteiger partial charge in [0.1, 0.15) is 0 Å². The SMILES string of the molecule is C/C(=C\N(N)c1cc(C(=O)Nc2cc(NCCN(C)C)c(Cl)c(C(F)(F)F)c2)ccc1C)c1cnn(C)c1C. The predicted octanol–water partition coefficient (Wildman–Crippen LogP) is 5.68. The summed E-state index contributed by atoms with van der Waals surface area (Å²) >= 11 is 6.07. The van der Waals surface area contributed by atoms with Gasteiger partial charge in [-0.25, -0.2) is 5.84 Å². The van der Waals surface area contributed by atoms with Gasteiger partial charge in [-0.15, -0.1) is 0 Å². The van der Waals surface area contributed by atoms with Crippen LogP contribution in [0.4, 0.5) is 30.2 Å². The highest BCUT2D eigenvalue weighted by molar-refractivity contribution is 6.34. The summed E-state index contributed by atoms with van der Waals surface area (Å²) in [7, 11) is 5.53. The van der Waals surface area contributed by atoms with Gasteiger partial charge in [0.05, 0.1) is 28.2 Å². The van der Waals surface area contributed by atoms with Gasteiger partial charge in [-0.2, -0.15) is 18.3 Å². The van der Waals surface area contributed by atoms with Gasteiger partial charge < -0.3 is 15.5 Å². The minimum atomic E-state index is -4.70. The number of aryl methyl sites for hydroxylation is 2. The molecule has 210 valence electrons. The quantitative estimate of drug-likeness (QED) is 0.229. The highest BCUT2D eigenvalue weighted by Crippen LogP contribution is 2.40. The van der Waals surface area contributed by atoms with E-state index in [1.54, 1.807) is 35.3 Å². The molecule has 0 aliphatic carbocycles. The molecule has 0 spiro atoms. The van der Waals surface area contributed by atoms with E-state index in [9.17, 15) is 18.0 Å². The van der Waals surface area contributed by atoms with E-state index < -0.39 is 22.7 Å². The Morgan fingerprint density at radius 2 is 1.90 bits per heavy atom. The molecule has 3 aromatic rings. The summed E-state index contributed by atoms with van der Waals surface area (Å²) in [6.45, 7) is 6.63. The molecule has 0 bridgehead atoms. The summed E-state index contributed by atoms with van der Waals surface area (Å²) in [5.74, 6) is 5.74. The topological polar surface area (TPSA) is 91.4 Å². The summed E-state index contributed by atoms with van der Waals surface area (Å²) in [6.07, 6.45) is -1.23. The van der Waals surface area contributed by atoms with Crippen molar-refractivity contribution in [2.75, 3.05) is 42.8 Å². The van der Waals surface area contributed by atoms with E-state index in [0.717, 1.165) is 28.5 Å². The normalized spacial score (nSPS) is 12.2. The van der Waals surface area contributed by atoms with E-state index in [1.165, 1.54) is 11.1 Å². The van der Waals surface area contributed by atoms with Gasteiger partial charge in [-0.1, -0.05) is 17.7 Å². The van der Waals surface area contributed by atoms with Gasteiger partial charge in [0, 0.05) is 48.8 Å². The second-order valence-electron chi connectivity index (χ2n) is 9.56. The first-order valence-electron chi connectivity index (χ1n) is 12.1. The molecule has 4 N–H and O–H groups in total. The van der Waals surface area contributed by atoms with Crippen LogP contribution in [-0.4, -0.2) is 47.8 Å². The Balaban J connectivity index is 1.89. The molecule has 3 rings (SSSR count). The Kier molecular flexibility index (Phi) is 9.31. The highest BCUT2D eigenvalue weighted by atomic mass is 35.5. The van der Waals surface area contributed by atoms with Gasteiger partial charge in [-0.05, 0) is 70.3 Å². The summed E-state index contributed by atoms with van der Waals surface area (Å²) in [6, 6.07) is 7.10. The van der Waals surface area contributed by atoms with Crippen LogP contribution in [0, 0.1) is 13.8 Å². The van der Waals surface area contributed by atoms with Crippen LogP contribution in [0.3, 0.4) is 0 Å². The molecule has 0 saturated carbocycles. The fourth-order valence-corrected chi connectivity index (χ4v) is 4.19. The third kappa shape index (κ3) is 7.31. The maximum absolute atomic E-state index is 13.7. The number of benzene rings is 2. The number of hydrazine groups is 1. The van der Waals surface area contributed by atoms with Gasteiger partial charge in [0.2, 0.25) is 0 Å². The Morgan fingerprint density at radius 1 is 1.21 bits per heavy atom. The number of allylic oxidation sites excluding steroid dienone is 1. The monoisotopic (exact) mass is 563 g/mol. The number of likely N-dealkylation sites (N-methyl/N-ethyl adjacent to an activating group) is 1. The van der Waals surface area contributed by atoms with E-state index in [-0.39, 0.29) is 16.9 Å². The minimum Gasteiger partial charge on any atom is -0.382 e. The number of nitrogens with two attached hydrogens (primary N) is 1. The molecule has 12 heteroatoms. The number of carbonyl (C=O) groups excluding carboxylic acids is 1. The summed E-state index contributed by atoms with van der Waals surface area (Å²) in [5, 5.41) is 10.7. The molecule has 39 heavy (non-hydrogen) atoms. The Labute approximate surface area is 231 Å². The van der Waals surface area contributed by atoms with Crippen LogP contribution >= 0.6 is 11.6 Å². The smallest absolute Gasteiger partial charge is 0.382 e. The van der Waals surface area contributed by atoms with Crippen molar-refractivity contribution in [3.8, 4) is 0 Å². The van der Waals surface area contributed by atoms with Crippen molar-refractivity contribution in [3.63, 3.8) is 0 Å². The Morgan fingerprint density at radius 3 is 2.49 bits per heavy atom. The lowest BCUT2D eigenvalue weighted by atomic mass is 10.1. The van der Waals surface area contributed by atoms with Crippen LogP contribution < -0.4 is 21.5 Å². The van der Waals surface area contributed by atoms with Crippen LogP contribution in [0.2, 0.25) is 5.02 Å². The number of nitrogens with zero attached hydrogens (tertiary/aromatic N) is 4. The third-order valence-corrected chi connectivity index (χ3v) is 6.66. The van der Waals surface area contributed by atoms with Crippen molar-refractivity contribution in [2.45, 2.75) is 26.9 Å². The molecule has 0 unspecified atom stereocenters. The molecule has 8 nitrogen and oxygen atoms in total. The van der Waals surface area contributed by atoms with Crippen LogP contribution in [-0.2, 0) is 13.2 Å². The van der Waals surface area contributed by atoms with Crippen LogP contribution in [0.15, 0.2) is 42.7 Å². The first kappa shape index (κ1) is 30.0. The zero-order valence-corrected chi connectivity index (χ0v) is 23.5. The molecule has 1 amide bonds. The summed E-state index contributed by atoms with van der Waals surface area (Å²) < 4.78 is 42.8. The first-order chi connectivity index (χ1) is 18.2. The average molecular weight is 564 g/mol. The molecule has 0 saturated heterocycles. The number of rotatable bonds is 9. The number of alkyl halides is 3. The zero-order valence-electron chi connectivity index (χ0n) is 22.7. The second-order valence-corrected chi connectivity index (χ2v) is 9.93. The molecule has 0 radical (unpaired) electrons. The third-order valence-electron chi connectivity index (χ3n) is 6.25. The lowest BCUT2D eigenvalue weighted by molar-refractivity contribution is -0.137. The fourth-order valence-electron chi connectivity index (χ4n) is 3.91. The van der Waals surface area contributed by atoms with Gasteiger partial charge in [0.25, 0.3) is 5.91 Å². The number of hydrogen-bond donors (Lipinski definition) is 3. The van der Waals surface area contributed by atoms with E-state index in [2.05, 4.69) is 15.7 Å². The molecule has 1 aromatic heterocycles. The van der Waals surface area contributed by atoms with E-state index in [0.29, 0.717) is 18.8 Å². The Hall–Kier alpha value is -3.54. The van der Waals surface area contributed by atoms with Crippen LogP contribution in [0.5, 0.6) is 0 Å². The summed E-state index contributed by atoms with van der Waals surface area (Å²) in [5.41, 5.74) is 3.34. The number of anilines is 3. The zero-order chi connectivity index (χ0) is 29.1. The van der Waals surface area contributed by atoms with Crippen LogP contribution in [0.1, 0.15) is 39.7 Å². The molecule has 2 aromatic carbocycles. The Bertz CT molecular complexity index is 1380. The number of amides is 1. The largest absolute Gasteiger partial charge is 0.417 e. The molecular formula is C27H33ClF3N7O. The molecule has 1 heterocycles. The van der Waals surface area contributed by atoms with Crippen LogP contribution in [0.25, 0.3) is 5.57 Å². The molecular weight excluding hydrogens is 531 g/mol. The van der Waals surface area contributed by atoms with Crippen molar-refractivity contribution < 1.29 is 18.0 Å². The molecule has 0 atom stereocenters. The van der Waals surface area contributed by atoms with Gasteiger partial charge in [0.15, 0.2) is 0 Å². The minimum absolute atomic E-state index is 0.0430. The number of halogens is 4. The number of aromatic nitrogens is 2. The average Bonchev–Trinajstić information content (AvgIpc) is 3.18. The number of carbonyl (C=O) groups is 1. The van der Waals surface area contributed by atoms with Crippen molar-refractivity contribution in [1.29, 1.82) is 0 Å². The molecule has 0 aliphatic heterocycles. The van der Waals surface area contributed by atoms with Gasteiger partial charge in [-0.3, -0.25) is 14.5 Å². The van der Waals surface area contributed by atoms with E-state index in [1.807, 2.05) is 46.8 Å². The fraction of sp³-hybridized carbons (Fsp3) is 0.333. The van der Waals surface area contributed by atoms with E-state index in [4.69, 9.17) is 17.4 Å². The number of nitrogens with one attached hydrogen (secondary N) is 2. The van der Waals surface area contributed by atoms with Crippen molar-refractivity contribution in [2.24, 2.45) is 12.9 Å². The molecule has 0 aliphatic rings. The lowest BCUT2D eigenvalue weighted by Crippen LogP contribution is -2.26. The first-order valence-corrected chi connectivity index (χ1v) is 12.5. The lowest BCUT2D eigenvalue weighted by Gasteiger charge is -2.20. The van der Waals surface area contributed by atoms with Gasteiger partial charge >= 0.3 is 6.18 Å². The maximum Gasteiger partial charge on any atom is 0.417 e. The maximum atomic E-state index is 13.7. The van der Waals surface area contributed by atoms with Crippen molar-refractivity contribution >= 4 is 40.1 Å². The standard InChI is InChI=1S/C27H33ClF3N7O/c1-16-7-8-19(11-24(16)38(32)15-17(2)21-14-34-37(6)18(21)3)26(39)35-20-12-22(27(29,30)31)25(28)23(13-20)33-9-10-36(4)5/h7-8,11-15,33H,9-10,32H2,1-6H3,(H,35,39)/b17-15+.